The highest BCUT2D eigenvalue weighted by Crippen LogP contribution is 2.38. The second-order valence-electron chi connectivity index (χ2n) is 8.22. The lowest BCUT2D eigenvalue weighted by molar-refractivity contribution is -0.386. The number of aromatic nitrogens is 3. The number of ether oxygens (including phenoxy) is 1. The third-order valence-corrected chi connectivity index (χ3v) is 10.1. The summed E-state index contributed by atoms with van der Waals surface area (Å²) in [4.78, 5) is 14.9. The second kappa shape index (κ2) is 8.52. The molecule has 0 radical (unpaired) electrons. The Kier molecular flexibility index (Phi) is 6.90. The van der Waals surface area contributed by atoms with Crippen molar-refractivity contribution in [1.82, 2.24) is 14.8 Å². The topological polar surface area (TPSA) is 105 Å². The fraction of sp³-hybridized carbons (Fsp3) is 0.647. The summed E-state index contributed by atoms with van der Waals surface area (Å²) >= 11 is 3.15. The van der Waals surface area contributed by atoms with Crippen molar-refractivity contribution in [2.24, 2.45) is 0 Å². The van der Waals surface area contributed by atoms with E-state index in [4.69, 9.17) is 13.6 Å². The number of halogens is 2. The summed E-state index contributed by atoms with van der Waals surface area (Å²) in [7, 11) is -2.11. The van der Waals surface area contributed by atoms with Crippen LogP contribution in [0.3, 0.4) is 0 Å². The Morgan fingerprint density at radius 2 is 1.97 bits per heavy atom. The molecule has 0 bridgehead atoms. The van der Waals surface area contributed by atoms with Gasteiger partial charge in [-0.05, 0) is 41.0 Å². The van der Waals surface area contributed by atoms with E-state index in [-0.39, 0.29) is 28.0 Å². The van der Waals surface area contributed by atoms with Gasteiger partial charge in [-0.15, -0.1) is 5.10 Å². The number of aryl methyl sites for hydroxylation is 2. The van der Waals surface area contributed by atoms with Crippen LogP contribution in [0.4, 0.5) is 10.1 Å². The van der Waals surface area contributed by atoms with E-state index in [0.29, 0.717) is 11.6 Å². The first-order chi connectivity index (χ1) is 13.2. The van der Waals surface area contributed by atoms with Crippen LogP contribution in [0.1, 0.15) is 32.4 Å². The molecule has 0 aliphatic heterocycles. The number of nitro groups is 1. The predicted molar refractivity (Wildman–Crippen MR) is 111 cm³/mol. The van der Waals surface area contributed by atoms with Crippen molar-refractivity contribution < 1.29 is 22.9 Å². The van der Waals surface area contributed by atoms with Crippen LogP contribution in [0.2, 0.25) is 18.1 Å². The minimum absolute atomic E-state index is 0.0182. The van der Waals surface area contributed by atoms with Gasteiger partial charge in [0.15, 0.2) is 25.0 Å². The average molecular weight is 493 g/mol. The highest BCUT2D eigenvalue weighted by molar-refractivity contribution is 9.10. The summed E-state index contributed by atoms with van der Waals surface area (Å²) in [5.41, 5.74) is 0.0780. The van der Waals surface area contributed by atoms with Crippen molar-refractivity contribution in [2.45, 2.75) is 58.9 Å². The van der Waals surface area contributed by atoms with Crippen LogP contribution in [0.25, 0.3) is 5.88 Å². The SMILES string of the molecule is Cc1nc(C)c(-n2nc(OCC(F)CO[Si](C)(C)C(C)(C)C)c([N+](=O)[O-])c2Br)o1. The molecule has 162 valence electrons. The molecule has 0 saturated carbocycles. The van der Waals surface area contributed by atoms with Crippen molar-refractivity contribution >= 4 is 29.9 Å². The maximum atomic E-state index is 14.4. The van der Waals surface area contributed by atoms with Crippen LogP contribution < -0.4 is 4.74 Å². The number of oxazole rings is 1. The van der Waals surface area contributed by atoms with Gasteiger partial charge in [0.1, 0.15) is 12.3 Å². The normalized spacial score (nSPS) is 13.6. The first kappa shape index (κ1) is 23.5. The molecule has 9 nitrogen and oxygen atoms in total. The third kappa shape index (κ3) is 5.23. The molecule has 0 aliphatic rings. The first-order valence-electron chi connectivity index (χ1n) is 9.02. The van der Waals surface area contributed by atoms with Crippen LogP contribution in [0.5, 0.6) is 5.88 Å². The maximum Gasteiger partial charge on any atom is 0.365 e. The molecule has 1 unspecified atom stereocenters. The smallest absolute Gasteiger partial charge is 0.365 e. The molecule has 2 aromatic rings. The molecule has 0 spiro atoms. The molecule has 2 aromatic heterocycles. The lowest BCUT2D eigenvalue weighted by Crippen LogP contribution is -2.42. The monoisotopic (exact) mass is 492 g/mol. The van der Waals surface area contributed by atoms with Crippen molar-refractivity contribution in [3.8, 4) is 11.8 Å². The van der Waals surface area contributed by atoms with E-state index in [0.717, 1.165) is 0 Å². The molecule has 0 amide bonds. The zero-order chi connectivity index (χ0) is 22.1. The summed E-state index contributed by atoms with van der Waals surface area (Å²) in [6, 6.07) is 0. The summed E-state index contributed by atoms with van der Waals surface area (Å²) in [6.07, 6.45) is -1.46. The number of nitrogens with zero attached hydrogens (tertiary/aromatic N) is 4. The van der Waals surface area contributed by atoms with Crippen molar-refractivity contribution in [1.29, 1.82) is 0 Å². The standard InChI is InChI=1S/C17H26BrFN4O5Si/c1-10-16(28-11(2)20-10)22-14(18)13(23(24)25)15(21-22)26-8-12(19)9-27-29(6,7)17(3,4)5/h12H,8-9H2,1-7H3. The van der Waals surface area contributed by atoms with Crippen LogP contribution >= 0.6 is 15.9 Å². The number of alkyl halides is 1. The first-order valence-corrected chi connectivity index (χ1v) is 12.7. The third-order valence-electron chi connectivity index (χ3n) is 4.86. The van der Waals surface area contributed by atoms with Crippen molar-refractivity contribution in [3.63, 3.8) is 0 Å². The molecule has 0 aliphatic carbocycles. The van der Waals surface area contributed by atoms with Gasteiger partial charge in [-0.2, -0.15) is 4.68 Å². The van der Waals surface area contributed by atoms with Gasteiger partial charge in [-0.3, -0.25) is 10.1 Å². The fourth-order valence-electron chi connectivity index (χ4n) is 2.21. The predicted octanol–water partition coefficient (Wildman–Crippen LogP) is 4.89. The van der Waals surface area contributed by atoms with Crippen LogP contribution in [0, 0.1) is 24.0 Å². The molecule has 1 atom stereocenters. The lowest BCUT2D eigenvalue weighted by atomic mass is 10.2. The summed E-state index contributed by atoms with van der Waals surface area (Å²) in [6.45, 7) is 13.0. The molecule has 0 N–H and O–H groups in total. The highest BCUT2D eigenvalue weighted by atomic mass is 79.9. The second-order valence-corrected chi connectivity index (χ2v) is 13.8. The van der Waals surface area contributed by atoms with Gasteiger partial charge in [0.05, 0.1) is 11.5 Å². The molecule has 12 heteroatoms. The highest BCUT2D eigenvalue weighted by Gasteiger charge is 2.38. The Hall–Kier alpha value is -1.79. The van der Waals surface area contributed by atoms with Crippen LogP contribution in [0.15, 0.2) is 9.02 Å². The quantitative estimate of drug-likeness (QED) is 0.293. The Morgan fingerprint density at radius 1 is 1.34 bits per heavy atom. The van der Waals surface area contributed by atoms with Gasteiger partial charge < -0.3 is 13.6 Å². The Morgan fingerprint density at radius 3 is 2.45 bits per heavy atom. The van der Waals surface area contributed by atoms with Crippen molar-refractivity contribution in [2.75, 3.05) is 13.2 Å². The van der Waals surface area contributed by atoms with Crippen molar-refractivity contribution in [3.05, 3.63) is 26.3 Å². The van der Waals surface area contributed by atoms with Gasteiger partial charge in [-0.1, -0.05) is 20.8 Å². The van der Waals surface area contributed by atoms with Gasteiger partial charge in [0, 0.05) is 6.92 Å². The maximum absolute atomic E-state index is 14.4. The lowest BCUT2D eigenvalue weighted by Gasteiger charge is -2.36. The molecule has 2 rings (SSSR count). The molecular formula is C17H26BrFN4O5Si. The van der Waals surface area contributed by atoms with Crippen LogP contribution in [-0.2, 0) is 4.43 Å². The molecule has 0 saturated heterocycles. The average Bonchev–Trinajstić information content (AvgIpc) is 3.08. The summed E-state index contributed by atoms with van der Waals surface area (Å²) in [5, 5.41) is 15.5. The Labute approximate surface area is 178 Å². The summed E-state index contributed by atoms with van der Waals surface area (Å²) in [5.74, 6) is 0.285. The van der Waals surface area contributed by atoms with E-state index in [1.54, 1.807) is 13.8 Å². The van der Waals surface area contributed by atoms with Gasteiger partial charge in [-0.25, -0.2) is 9.37 Å². The van der Waals surface area contributed by atoms with Gasteiger partial charge >= 0.3 is 11.6 Å². The van der Waals surface area contributed by atoms with E-state index in [1.165, 1.54) is 4.68 Å². The summed E-state index contributed by atoms with van der Waals surface area (Å²) < 4.78 is 32.2. The minimum Gasteiger partial charge on any atom is -0.469 e. The zero-order valence-corrected chi connectivity index (χ0v) is 20.2. The van der Waals surface area contributed by atoms with E-state index in [2.05, 4.69) is 46.8 Å². The van der Waals surface area contributed by atoms with Gasteiger partial charge in [0.2, 0.25) is 5.88 Å². The van der Waals surface area contributed by atoms with E-state index in [9.17, 15) is 14.5 Å². The molecule has 2 heterocycles. The number of hydrogen-bond donors (Lipinski definition) is 0. The van der Waals surface area contributed by atoms with Crippen LogP contribution in [-0.4, -0.2) is 47.4 Å². The van der Waals surface area contributed by atoms with Gasteiger partial charge in [0.25, 0.3) is 0 Å². The molecular weight excluding hydrogens is 467 g/mol. The number of rotatable bonds is 8. The molecule has 0 aromatic carbocycles. The Balaban J connectivity index is 2.15. The fourth-order valence-corrected chi connectivity index (χ4v) is 3.79. The zero-order valence-electron chi connectivity index (χ0n) is 17.6. The molecule has 0 fully saturated rings. The largest absolute Gasteiger partial charge is 0.469 e. The number of hydrogen-bond acceptors (Lipinski definition) is 7. The van der Waals surface area contributed by atoms with E-state index in [1.807, 2.05) is 13.1 Å². The Bertz CT molecular complexity index is 893. The minimum atomic E-state index is -2.11. The van der Waals surface area contributed by atoms with E-state index < -0.39 is 31.7 Å². The van der Waals surface area contributed by atoms with E-state index >= 15 is 0 Å². The molecule has 29 heavy (non-hydrogen) atoms.